The number of aromatic nitrogens is 1. The molecule has 122 valence electrons. The Kier molecular flexibility index (Phi) is 5.01. The van der Waals surface area contributed by atoms with Gasteiger partial charge in [-0.2, -0.15) is 0 Å². The molecule has 1 atom stereocenters. The first kappa shape index (κ1) is 16.7. The molecule has 1 saturated heterocycles. The van der Waals surface area contributed by atoms with E-state index in [2.05, 4.69) is 10.3 Å². The van der Waals surface area contributed by atoms with Crippen LogP contribution in [0.25, 0.3) is 0 Å². The van der Waals surface area contributed by atoms with Crippen LogP contribution < -0.4 is 5.32 Å². The molecule has 0 saturated carbocycles. The minimum atomic E-state index is -0.531. The minimum Gasteiger partial charge on any atom is -0.444 e. The highest BCUT2D eigenvalue weighted by atomic mass is 35.5. The zero-order chi connectivity index (χ0) is 16.3. The van der Waals surface area contributed by atoms with Crippen molar-refractivity contribution in [3.05, 3.63) is 23.0 Å². The molecule has 1 aromatic rings. The summed E-state index contributed by atoms with van der Waals surface area (Å²) in [6.45, 7) is 6.50. The standard InChI is InChI=1S/C15H22ClN3O3/c1-15(2,3)22-14(21)18-9-11-5-4-6-19(11)13(20)12-7-10(16)8-17-12/h7-8,11,17H,4-6,9H2,1-3H3,(H,18,21)/t11-/m1/s1. The summed E-state index contributed by atoms with van der Waals surface area (Å²) in [4.78, 5) is 28.8. The number of rotatable bonds is 3. The molecule has 1 aromatic heterocycles. The lowest BCUT2D eigenvalue weighted by atomic mass is 10.2. The Morgan fingerprint density at radius 3 is 2.82 bits per heavy atom. The lowest BCUT2D eigenvalue weighted by Gasteiger charge is -2.25. The van der Waals surface area contributed by atoms with Gasteiger partial charge in [0.1, 0.15) is 11.3 Å². The predicted molar refractivity (Wildman–Crippen MR) is 84.1 cm³/mol. The fraction of sp³-hybridized carbons (Fsp3) is 0.600. The van der Waals surface area contributed by atoms with E-state index >= 15 is 0 Å². The molecule has 0 spiro atoms. The maximum atomic E-state index is 12.4. The molecule has 2 amide bonds. The fourth-order valence-electron chi connectivity index (χ4n) is 2.48. The van der Waals surface area contributed by atoms with E-state index < -0.39 is 11.7 Å². The third-order valence-electron chi connectivity index (χ3n) is 3.40. The Hall–Kier alpha value is -1.69. The van der Waals surface area contributed by atoms with Crippen LogP contribution >= 0.6 is 11.6 Å². The van der Waals surface area contributed by atoms with E-state index in [4.69, 9.17) is 16.3 Å². The van der Waals surface area contributed by atoms with Gasteiger partial charge >= 0.3 is 6.09 Å². The zero-order valence-electron chi connectivity index (χ0n) is 13.1. The van der Waals surface area contributed by atoms with Crippen molar-refractivity contribution in [1.82, 2.24) is 15.2 Å². The van der Waals surface area contributed by atoms with Crippen LogP contribution in [0.4, 0.5) is 4.79 Å². The van der Waals surface area contributed by atoms with Gasteiger partial charge in [-0.15, -0.1) is 0 Å². The number of amides is 2. The SMILES string of the molecule is CC(C)(C)OC(=O)NC[C@H]1CCCN1C(=O)c1cc(Cl)c[nH]1. The third kappa shape index (κ3) is 4.40. The van der Waals surface area contributed by atoms with Crippen LogP contribution in [0, 0.1) is 0 Å². The number of ether oxygens (including phenoxy) is 1. The maximum absolute atomic E-state index is 12.4. The number of nitrogens with zero attached hydrogens (tertiary/aromatic N) is 1. The van der Waals surface area contributed by atoms with Crippen molar-refractivity contribution in [2.24, 2.45) is 0 Å². The second-order valence-corrected chi connectivity index (χ2v) is 6.85. The van der Waals surface area contributed by atoms with Crippen molar-refractivity contribution in [2.45, 2.75) is 45.3 Å². The highest BCUT2D eigenvalue weighted by Crippen LogP contribution is 2.20. The number of carbonyl (C=O) groups is 2. The van der Waals surface area contributed by atoms with E-state index in [0.717, 1.165) is 12.8 Å². The summed E-state index contributed by atoms with van der Waals surface area (Å²) in [6, 6.07) is 1.59. The largest absolute Gasteiger partial charge is 0.444 e. The average Bonchev–Trinajstić information content (AvgIpc) is 3.02. The highest BCUT2D eigenvalue weighted by Gasteiger charge is 2.30. The normalized spacial score (nSPS) is 18.4. The molecule has 0 radical (unpaired) electrons. The monoisotopic (exact) mass is 327 g/mol. The van der Waals surface area contributed by atoms with Gasteiger partial charge < -0.3 is 19.9 Å². The van der Waals surface area contributed by atoms with Crippen molar-refractivity contribution in [2.75, 3.05) is 13.1 Å². The molecule has 1 aliphatic heterocycles. The van der Waals surface area contributed by atoms with Crippen molar-refractivity contribution < 1.29 is 14.3 Å². The van der Waals surface area contributed by atoms with Gasteiger partial charge in [0.15, 0.2) is 0 Å². The number of nitrogens with one attached hydrogen (secondary N) is 2. The van der Waals surface area contributed by atoms with Crippen LogP contribution in [-0.4, -0.2) is 46.6 Å². The topological polar surface area (TPSA) is 74.4 Å². The first-order valence-electron chi connectivity index (χ1n) is 7.38. The summed E-state index contributed by atoms with van der Waals surface area (Å²) in [6.07, 6.45) is 2.89. The van der Waals surface area contributed by atoms with Crippen LogP contribution in [0.5, 0.6) is 0 Å². The van der Waals surface area contributed by atoms with E-state index in [-0.39, 0.29) is 11.9 Å². The predicted octanol–water partition coefficient (Wildman–Crippen LogP) is 2.80. The fourth-order valence-corrected chi connectivity index (χ4v) is 2.64. The van der Waals surface area contributed by atoms with E-state index in [1.54, 1.807) is 17.2 Å². The lowest BCUT2D eigenvalue weighted by molar-refractivity contribution is 0.0501. The molecule has 0 bridgehead atoms. The molecule has 6 nitrogen and oxygen atoms in total. The van der Waals surface area contributed by atoms with Crippen LogP contribution in [0.15, 0.2) is 12.3 Å². The van der Waals surface area contributed by atoms with Crippen molar-refractivity contribution in [1.29, 1.82) is 0 Å². The number of H-pyrrole nitrogens is 1. The number of carbonyl (C=O) groups excluding carboxylic acids is 2. The maximum Gasteiger partial charge on any atom is 0.407 e. The van der Waals surface area contributed by atoms with E-state index in [1.165, 1.54) is 0 Å². The number of likely N-dealkylation sites (tertiary alicyclic amines) is 1. The molecule has 1 fully saturated rings. The zero-order valence-corrected chi connectivity index (χ0v) is 13.9. The van der Waals surface area contributed by atoms with E-state index in [0.29, 0.717) is 23.8 Å². The van der Waals surface area contributed by atoms with Gasteiger partial charge in [0, 0.05) is 25.3 Å². The Morgan fingerprint density at radius 2 is 2.23 bits per heavy atom. The molecule has 0 aromatic carbocycles. The summed E-state index contributed by atoms with van der Waals surface area (Å²) in [5.74, 6) is -0.0969. The molecule has 1 aliphatic rings. The smallest absolute Gasteiger partial charge is 0.407 e. The Balaban J connectivity index is 1.91. The number of alkyl carbamates (subject to hydrolysis) is 1. The number of hydrogen-bond acceptors (Lipinski definition) is 3. The van der Waals surface area contributed by atoms with Crippen LogP contribution in [0.3, 0.4) is 0 Å². The number of halogens is 1. The van der Waals surface area contributed by atoms with Gasteiger partial charge in [0.05, 0.1) is 5.02 Å². The molecule has 22 heavy (non-hydrogen) atoms. The first-order chi connectivity index (χ1) is 10.3. The van der Waals surface area contributed by atoms with E-state index in [1.807, 2.05) is 20.8 Å². The van der Waals surface area contributed by atoms with Gasteiger partial charge in [0.25, 0.3) is 5.91 Å². The summed E-state index contributed by atoms with van der Waals surface area (Å²) in [5.41, 5.74) is -0.0647. The minimum absolute atomic E-state index is 0.0258. The third-order valence-corrected chi connectivity index (χ3v) is 3.62. The molecule has 2 rings (SSSR count). The van der Waals surface area contributed by atoms with Crippen LogP contribution in [0.1, 0.15) is 44.1 Å². The Labute approximate surface area is 135 Å². The average molecular weight is 328 g/mol. The van der Waals surface area contributed by atoms with Gasteiger partial charge in [-0.05, 0) is 39.7 Å². The van der Waals surface area contributed by atoms with Crippen LogP contribution in [-0.2, 0) is 4.74 Å². The van der Waals surface area contributed by atoms with Crippen LogP contribution in [0.2, 0.25) is 5.02 Å². The van der Waals surface area contributed by atoms with E-state index in [9.17, 15) is 9.59 Å². The number of hydrogen-bond donors (Lipinski definition) is 2. The summed E-state index contributed by atoms with van der Waals surface area (Å²) in [7, 11) is 0. The Morgan fingerprint density at radius 1 is 1.50 bits per heavy atom. The second-order valence-electron chi connectivity index (χ2n) is 6.41. The first-order valence-corrected chi connectivity index (χ1v) is 7.76. The molecule has 7 heteroatoms. The van der Waals surface area contributed by atoms with Crippen molar-refractivity contribution in [3.63, 3.8) is 0 Å². The molecule has 2 heterocycles. The van der Waals surface area contributed by atoms with Gasteiger partial charge in [-0.3, -0.25) is 4.79 Å². The van der Waals surface area contributed by atoms with Gasteiger partial charge in [-0.1, -0.05) is 11.6 Å². The molecule has 0 unspecified atom stereocenters. The summed E-state index contributed by atoms with van der Waals surface area (Å²) in [5, 5.41) is 3.24. The summed E-state index contributed by atoms with van der Waals surface area (Å²) >= 11 is 5.84. The molecular formula is C15H22ClN3O3. The molecule has 0 aliphatic carbocycles. The quantitative estimate of drug-likeness (QED) is 0.896. The highest BCUT2D eigenvalue weighted by molar-refractivity contribution is 6.30. The van der Waals surface area contributed by atoms with Gasteiger partial charge in [0.2, 0.25) is 0 Å². The summed E-state index contributed by atoms with van der Waals surface area (Å²) < 4.78 is 5.20. The molecular weight excluding hydrogens is 306 g/mol. The lowest BCUT2D eigenvalue weighted by Crippen LogP contribution is -2.44. The number of aromatic amines is 1. The van der Waals surface area contributed by atoms with Crippen molar-refractivity contribution >= 4 is 23.6 Å². The Bertz CT molecular complexity index is 550. The molecule has 2 N–H and O–H groups in total. The van der Waals surface area contributed by atoms with Gasteiger partial charge in [-0.25, -0.2) is 4.79 Å². The van der Waals surface area contributed by atoms with Crippen molar-refractivity contribution in [3.8, 4) is 0 Å². The second kappa shape index (κ2) is 6.60.